The number of urea groups is 1. The van der Waals surface area contributed by atoms with Gasteiger partial charge in [-0.2, -0.15) is 0 Å². The molecule has 0 aliphatic carbocycles. The summed E-state index contributed by atoms with van der Waals surface area (Å²) in [7, 11) is 0. The van der Waals surface area contributed by atoms with E-state index < -0.39 is 17.7 Å². The van der Waals surface area contributed by atoms with Crippen molar-refractivity contribution in [2.45, 2.75) is 4.90 Å². The van der Waals surface area contributed by atoms with E-state index in [0.717, 1.165) is 27.8 Å². The first-order chi connectivity index (χ1) is 12.5. The number of benzene rings is 3. The predicted molar refractivity (Wildman–Crippen MR) is 100.0 cm³/mol. The van der Waals surface area contributed by atoms with E-state index in [1.165, 1.54) is 6.07 Å². The van der Waals surface area contributed by atoms with Crippen molar-refractivity contribution in [1.82, 2.24) is 0 Å². The molecule has 0 saturated heterocycles. The normalized spacial score (nSPS) is 11.0. The van der Waals surface area contributed by atoms with E-state index in [4.69, 9.17) is 4.42 Å². The van der Waals surface area contributed by atoms with Crippen molar-refractivity contribution in [1.29, 1.82) is 0 Å². The highest BCUT2D eigenvalue weighted by Gasteiger charge is 2.10. The largest absolute Gasteiger partial charge is 0.456 e. The fourth-order valence-corrected chi connectivity index (χ4v) is 2.90. The van der Waals surface area contributed by atoms with Crippen LogP contribution in [0.4, 0.5) is 25.0 Å². The van der Waals surface area contributed by atoms with Gasteiger partial charge in [0.2, 0.25) is 0 Å². The van der Waals surface area contributed by atoms with Crippen molar-refractivity contribution in [2.24, 2.45) is 0 Å². The zero-order valence-electron chi connectivity index (χ0n) is 13.2. The van der Waals surface area contributed by atoms with Gasteiger partial charge in [0, 0.05) is 39.2 Å². The number of amides is 2. The summed E-state index contributed by atoms with van der Waals surface area (Å²) in [4.78, 5) is 12.8. The van der Waals surface area contributed by atoms with Crippen LogP contribution in [0.1, 0.15) is 0 Å². The number of fused-ring (bicyclic) bond motifs is 3. The second-order valence-corrected chi connectivity index (χ2v) is 6.22. The zero-order valence-corrected chi connectivity index (χ0v) is 14.1. The molecule has 4 rings (SSSR count). The Kier molecular flexibility index (Phi) is 4.00. The fraction of sp³-hybridized carbons (Fsp3) is 0. The minimum absolute atomic E-state index is 0.146. The van der Waals surface area contributed by atoms with E-state index in [2.05, 4.69) is 23.3 Å². The fourth-order valence-electron chi connectivity index (χ4n) is 2.71. The van der Waals surface area contributed by atoms with Crippen LogP contribution < -0.4 is 10.6 Å². The van der Waals surface area contributed by atoms with Crippen molar-refractivity contribution in [3.63, 3.8) is 0 Å². The Balaban J connectivity index is 1.57. The monoisotopic (exact) mass is 370 g/mol. The van der Waals surface area contributed by atoms with E-state index in [1.807, 2.05) is 24.3 Å². The van der Waals surface area contributed by atoms with E-state index in [0.29, 0.717) is 16.9 Å². The Morgan fingerprint density at radius 1 is 0.808 bits per heavy atom. The molecule has 26 heavy (non-hydrogen) atoms. The van der Waals surface area contributed by atoms with Gasteiger partial charge in [-0.05, 0) is 42.5 Å². The highest BCUT2D eigenvalue weighted by molar-refractivity contribution is 7.80. The maximum absolute atomic E-state index is 13.2. The molecule has 7 heteroatoms. The third-order valence-corrected chi connectivity index (χ3v) is 4.17. The minimum atomic E-state index is -1.03. The Morgan fingerprint density at radius 2 is 1.42 bits per heavy atom. The molecule has 0 atom stereocenters. The van der Waals surface area contributed by atoms with Crippen molar-refractivity contribution in [3.8, 4) is 0 Å². The average Bonchev–Trinajstić information content (AvgIpc) is 2.94. The maximum atomic E-state index is 13.2. The van der Waals surface area contributed by atoms with E-state index >= 15 is 0 Å². The van der Waals surface area contributed by atoms with Gasteiger partial charge in [-0.25, -0.2) is 13.6 Å². The van der Waals surface area contributed by atoms with Crippen LogP contribution in [-0.4, -0.2) is 6.03 Å². The van der Waals surface area contributed by atoms with Crippen LogP contribution in [-0.2, 0) is 0 Å². The lowest BCUT2D eigenvalue weighted by atomic mass is 10.1. The molecular formula is C19H12F2N2O2S. The molecule has 0 radical (unpaired) electrons. The molecule has 0 saturated carbocycles. The van der Waals surface area contributed by atoms with E-state index in [-0.39, 0.29) is 5.69 Å². The Labute approximate surface area is 152 Å². The van der Waals surface area contributed by atoms with Crippen molar-refractivity contribution in [2.75, 3.05) is 10.6 Å². The van der Waals surface area contributed by atoms with Gasteiger partial charge in [0.25, 0.3) is 0 Å². The number of nitrogens with one attached hydrogen (secondary N) is 2. The SMILES string of the molecule is O=C(Nc1ccc(F)c(F)c1)Nc1ccc2c(c1)oc1cc(S)ccc12. The smallest absolute Gasteiger partial charge is 0.323 e. The van der Waals surface area contributed by atoms with Crippen LogP contribution in [0, 0.1) is 11.6 Å². The number of carbonyl (C=O) groups is 1. The van der Waals surface area contributed by atoms with Crippen LogP contribution >= 0.6 is 12.6 Å². The van der Waals surface area contributed by atoms with Crippen LogP contribution in [0.25, 0.3) is 21.9 Å². The van der Waals surface area contributed by atoms with Gasteiger partial charge < -0.3 is 15.1 Å². The molecule has 2 N–H and O–H groups in total. The lowest BCUT2D eigenvalue weighted by Crippen LogP contribution is -2.19. The molecular weight excluding hydrogens is 358 g/mol. The second kappa shape index (κ2) is 6.34. The molecule has 0 fully saturated rings. The number of hydrogen-bond donors (Lipinski definition) is 3. The topological polar surface area (TPSA) is 54.3 Å². The van der Waals surface area contributed by atoms with Gasteiger partial charge in [0.05, 0.1) is 0 Å². The maximum Gasteiger partial charge on any atom is 0.323 e. The number of rotatable bonds is 2. The van der Waals surface area contributed by atoms with Gasteiger partial charge in [0.15, 0.2) is 11.6 Å². The third kappa shape index (κ3) is 3.09. The van der Waals surface area contributed by atoms with Gasteiger partial charge in [-0.1, -0.05) is 0 Å². The quantitative estimate of drug-likeness (QED) is 0.391. The molecule has 0 bridgehead atoms. The Hall–Kier alpha value is -3.06. The number of anilines is 2. The summed E-state index contributed by atoms with van der Waals surface area (Å²) in [6.45, 7) is 0. The number of thiol groups is 1. The second-order valence-electron chi connectivity index (χ2n) is 5.70. The lowest BCUT2D eigenvalue weighted by molar-refractivity contribution is 0.262. The van der Waals surface area contributed by atoms with Crippen LogP contribution in [0.5, 0.6) is 0 Å². The van der Waals surface area contributed by atoms with Gasteiger partial charge >= 0.3 is 6.03 Å². The molecule has 3 aromatic carbocycles. The summed E-state index contributed by atoms with van der Waals surface area (Å²) in [5.74, 6) is -2.01. The van der Waals surface area contributed by atoms with Crippen molar-refractivity contribution in [3.05, 3.63) is 66.2 Å². The molecule has 0 unspecified atom stereocenters. The van der Waals surface area contributed by atoms with Crippen LogP contribution in [0.2, 0.25) is 0 Å². The van der Waals surface area contributed by atoms with Crippen molar-refractivity contribution < 1.29 is 18.0 Å². The molecule has 130 valence electrons. The summed E-state index contributed by atoms with van der Waals surface area (Å²) < 4.78 is 31.9. The number of hydrogen-bond acceptors (Lipinski definition) is 3. The summed E-state index contributed by atoms with van der Waals surface area (Å²) in [6.07, 6.45) is 0. The van der Waals surface area contributed by atoms with Gasteiger partial charge in [-0.15, -0.1) is 12.6 Å². The number of furan rings is 1. The minimum Gasteiger partial charge on any atom is -0.456 e. The van der Waals surface area contributed by atoms with E-state index in [9.17, 15) is 13.6 Å². The first kappa shape index (κ1) is 16.4. The summed E-state index contributed by atoms with van der Waals surface area (Å²) in [5.41, 5.74) is 1.97. The van der Waals surface area contributed by atoms with Gasteiger partial charge in [0.1, 0.15) is 11.2 Å². The van der Waals surface area contributed by atoms with E-state index in [1.54, 1.807) is 12.1 Å². The lowest BCUT2D eigenvalue weighted by Gasteiger charge is -2.08. The highest BCUT2D eigenvalue weighted by atomic mass is 32.1. The summed E-state index contributed by atoms with van der Waals surface area (Å²) in [5, 5.41) is 6.94. The molecule has 4 aromatic rings. The van der Waals surface area contributed by atoms with Gasteiger partial charge in [-0.3, -0.25) is 0 Å². The molecule has 0 aliphatic heterocycles. The number of halogens is 2. The number of carbonyl (C=O) groups excluding carboxylic acids is 1. The summed E-state index contributed by atoms with van der Waals surface area (Å²) >= 11 is 4.29. The standard InChI is InChI=1S/C19H12F2N2O2S/c20-15-6-2-10(7-16(15)21)22-19(24)23-11-1-4-13-14-5-3-12(26)9-18(14)25-17(13)8-11/h1-9,26H,(H2,22,23,24). The molecule has 2 amide bonds. The Bertz CT molecular complexity index is 1160. The van der Waals surface area contributed by atoms with Crippen molar-refractivity contribution >= 4 is 52.0 Å². The molecule has 0 aliphatic rings. The Morgan fingerprint density at radius 3 is 2.15 bits per heavy atom. The molecule has 0 spiro atoms. The zero-order chi connectivity index (χ0) is 18.3. The molecule has 4 nitrogen and oxygen atoms in total. The highest BCUT2D eigenvalue weighted by Crippen LogP contribution is 2.31. The average molecular weight is 370 g/mol. The summed E-state index contributed by atoms with van der Waals surface area (Å²) in [6, 6.07) is 13.4. The predicted octanol–water partition coefficient (Wildman–Crippen LogP) is 5.80. The molecule has 1 heterocycles. The van der Waals surface area contributed by atoms with Crippen LogP contribution in [0.3, 0.4) is 0 Å². The first-order valence-electron chi connectivity index (χ1n) is 7.68. The third-order valence-electron chi connectivity index (χ3n) is 3.89. The first-order valence-corrected chi connectivity index (χ1v) is 8.13. The van der Waals surface area contributed by atoms with Crippen LogP contribution in [0.15, 0.2) is 63.9 Å². The molecule has 1 aromatic heterocycles.